The van der Waals surface area contributed by atoms with E-state index in [0.29, 0.717) is 18.1 Å². The second-order valence-corrected chi connectivity index (χ2v) is 7.17. The number of rotatable bonds is 6. The summed E-state index contributed by atoms with van der Waals surface area (Å²) in [4.78, 5) is 18.3. The average molecular weight is 392 g/mol. The van der Waals surface area contributed by atoms with Crippen LogP contribution in [0, 0.1) is 0 Å². The maximum Gasteiger partial charge on any atom is 0.266 e. The normalized spacial score (nSPS) is 13.7. The Hall–Kier alpha value is -3.19. The Kier molecular flexibility index (Phi) is 5.57. The maximum absolute atomic E-state index is 11.9. The summed E-state index contributed by atoms with van der Waals surface area (Å²) >= 11 is 0. The minimum absolute atomic E-state index is 0.0684. The van der Waals surface area contributed by atoms with E-state index in [-0.39, 0.29) is 5.56 Å². The first-order valence-electron chi connectivity index (χ1n) is 9.59. The summed E-state index contributed by atoms with van der Waals surface area (Å²) < 4.78 is 12.8. The van der Waals surface area contributed by atoms with Crippen molar-refractivity contribution in [2.45, 2.75) is 26.1 Å². The molecule has 0 bridgehead atoms. The van der Waals surface area contributed by atoms with E-state index in [4.69, 9.17) is 9.47 Å². The van der Waals surface area contributed by atoms with Gasteiger partial charge in [-0.25, -0.2) is 4.68 Å². The van der Waals surface area contributed by atoms with E-state index < -0.39 is 0 Å². The molecule has 0 fully saturated rings. The molecule has 7 heteroatoms. The third kappa shape index (κ3) is 4.46. The number of fused-ring (bicyclic) bond motifs is 1. The van der Waals surface area contributed by atoms with Crippen LogP contribution in [0.3, 0.4) is 0 Å². The molecule has 29 heavy (non-hydrogen) atoms. The highest BCUT2D eigenvalue weighted by molar-refractivity contribution is 5.43. The molecule has 0 unspecified atom stereocenters. The minimum Gasteiger partial charge on any atom is -0.493 e. The van der Waals surface area contributed by atoms with Gasteiger partial charge in [0.25, 0.3) is 5.56 Å². The molecular formula is C22H24N4O3. The molecule has 0 saturated carbocycles. The predicted molar refractivity (Wildman–Crippen MR) is 109 cm³/mol. The van der Waals surface area contributed by atoms with Gasteiger partial charge in [0.2, 0.25) is 0 Å². The molecule has 150 valence electrons. The Morgan fingerprint density at radius 1 is 1.14 bits per heavy atom. The van der Waals surface area contributed by atoms with Crippen molar-refractivity contribution in [1.82, 2.24) is 19.7 Å². The van der Waals surface area contributed by atoms with Gasteiger partial charge >= 0.3 is 0 Å². The van der Waals surface area contributed by atoms with Crippen LogP contribution in [-0.2, 0) is 33.2 Å². The van der Waals surface area contributed by atoms with Crippen molar-refractivity contribution in [3.8, 4) is 11.5 Å². The Bertz CT molecular complexity index is 1050. The molecule has 2 aromatic heterocycles. The number of ether oxygens (including phenoxy) is 2. The molecule has 0 radical (unpaired) electrons. The van der Waals surface area contributed by atoms with Gasteiger partial charge in [0, 0.05) is 57.1 Å². The standard InChI is InChI=1S/C22H24N4O3/c1-25-22(27)11-18-14-26(9-7-19(18)24-25)13-16-5-6-20(28-2)21(10-16)29-15-17-4-3-8-23-12-17/h3-6,8,10-12H,7,9,13-15H2,1-2H3. The molecule has 1 aromatic carbocycles. The van der Waals surface area contributed by atoms with Crippen LogP contribution in [0.4, 0.5) is 0 Å². The molecule has 4 rings (SSSR count). The Morgan fingerprint density at radius 2 is 2.03 bits per heavy atom. The first-order chi connectivity index (χ1) is 14.1. The third-order valence-corrected chi connectivity index (χ3v) is 5.07. The van der Waals surface area contributed by atoms with Crippen molar-refractivity contribution < 1.29 is 9.47 Å². The van der Waals surface area contributed by atoms with E-state index in [0.717, 1.165) is 48.4 Å². The van der Waals surface area contributed by atoms with Gasteiger partial charge in [0.15, 0.2) is 11.5 Å². The number of pyridine rings is 1. The quantitative estimate of drug-likeness (QED) is 0.641. The van der Waals surface area contributed by atoms with Gasteiger partial charge in [-0.3, -0.25) is 14.7 Å². The number of methoxy groups -OCH3 is 1. The summed E-state index contributed by atoms with van der Waals surface area (Å²) in [6, 6.07) is 11.6. The number of nitrogens with zero attached hydrogens (tertiary/aromatic N) is 4. The number of hydrogen-bond donors (Lipinski definition) is 0. The van der Waals surface area contributed by atoms with Crippen molar-refractivity contribution in [3.05, 3.63) is 81.5 Å². The van der Waals surface area contributed by atoms with Crippen molar-refractivity contribution in [1.29, 1.82) is 0 Å². The first kappa shape index (κ1) is 19.1. The van der Waals surface area contributed by atoms with Gasteiger partial charge in [-0.15, -0.1) is 0 Å². The number of benzene rings is 1. The zero-order valence-corrected chi connectivity index (χ0v) is 16.7. The van der Waals surface area contributed by atoms with Crippen LogP contribution in [-0.4, -0.2) is 33.3 Å². The predicted octanol–water partition coefficient (Wildman–Crippen LogP) is 2.32. The Balaban J connectivity index is 1.47. The van der Waals surface area contributed by atoms with Crippen LogP contribution in [0.1, 0.15) is 22.4 Å². The van der Waals surface area contributed by atoms with Gasteiger partial charge in [-0.2, -0.15) is 5.10 Å². The summed E-state index contributed by atoms with van der Waals surface area (Å²) in [5, 5.41) is 4.38. The summed E-state index contributed by atoms with van der Waals surface area (Å²) in [5.74, 6) is 1.41. The third-order valence-electron chi connectivity index (χ3n) is 5.07. The Labute approximate surface area is 169 Å². The fourth-order valence-electron chi connectivity index (χ4n) is 3.52. The van der Waals surface area contributed by atoms with Crippen LogP contribution in [0.25, 0.3) is 0 Å². The smallest absolute Gasteiger partial charge is 0.266 e. The summed E-state index contributed by atoms with van der Waals surface area (Å²) in [7, 11) is 3.33. The van der Waals surface area contributed by atoms with Gasteiger partial charge < -0.3 is 9.47 Å². The molecule has 1 aliphatic heterocycles. The van der Waals surface area contributed by atoms with Crippen LogP contribution >= 0.6 is 0 Å². The molecule has 3 heterocycles. The number of hydrogen-bond acceptors (Lipinski definition) is 6. The fourth-order valence-corrected chi connectivity index (χ4v) is 3.52. The summed E-state index contributed by atoms with van der Waals surface area (Å²) in [6.45, 7) is 2.81. The molecule has 0 saturated heterocycles. The van der Waals surface area contributed by atoms with Crippen LogP contribution in [0.15, 0.2) is 53.6 Å². The lowest BCUT2D eigenvalue weighted by Gasteiger charge is -2.28. The van der Waals surface area contributed by atoms with Crippen molar-refractivity contribution >= 4 is 0 Å². The van der Waals surface area contributed by atoms with Crippen molar-refractivity contribution in [2.75, 3.05) is 13.7 Å². The highest BCUT2D eigenvalue weighted by Gasteiger charge is 2.19. The molecule has 0 aliphatic carbocycles. The van der Waals surface area contributed by atoms with Crippen molar-refractivity contribution in [3.63, 3.8) is 0 Å². The second-order valence-electron chi connectivity index (χ2n) is 7.17. The number of aryl methyl sites for hydroxylation is 1. The minimum atomic E-state index is -0.0684. The lowest BCUT2D eigenvalue weighted by atomic mass is 10.1. The van der Waals surface area contributed by atoms with Crippen LogP contribution in [0.2, 0.25) is 0 Å². The van der Waals surface area contributed by atoms with Crippen LogP contribution < -0.4 is 15.0 Å². The molecule has 3 aromatic rings. The van der Waals surface area contributed by atoms with Crippen molar-refractivity contribution in [2.24, 2.45) is 7.05 Å². The molecule has 0 amide bonds. The molecule has 7 nitrogen and oxygen atoms in total. The van der Waals surface area contributed by atoms with Gasteiger partial charge in [-0.1, -0.05) is 12.1 Å². The van der Waals surface area contributed by atoms with E-state index in [1.54, 1.807) is 32.6 Å². The highest BCUT2D eigenvalue weighted by Crippen LogP contribution is 2.30. The van der Waals surface area contributed by atoms with E-state index in [2.05, 4.69) is 15.0 Å². The molecule has 0 N–H and O–H groups in total. The molecule has 0 spiro atoms. The molecular weight excluding hydrogens is 368 g/mol. The topological polar surface area (TPSA) is 69.5 Å². The van der Waals surface area contributed by atoms with Crippen LogP contribution in [0.5, 0.6) is 11.5 Å². The summed E-state index contributed by atoms with van der Waals surface area (Å²) in [6.07, 6.45) is 4.37. The van der Waals surface area contributed by atoms with Gasteiger partial charge in [-0.05, 0) is 29.3 Å². The van der Waals surface area contributed by atoms with Gasteiger partial charge in [0.1, 0.15) is 6.61 Å². The van der Waals surface area contributed by atoms with E-state index in [1.165, 1.54) is 4.68 Å². The second kappa shape index (κ2) is 8.45. The molecule has 0 atom stereocenters. The largest absolute Gasteiger partial charge is 0.493 e. The zero-order chi connectivity index (χ0) is 20.2. The van der Waals surface area contributed by atoms with E-state index in [9.17, 15) is 4.79 Å². The molecule has 1 aliphatic rings. The zero-order valence-electron chi connectivity index (χ0n) is 16.7. The van der Waals surface area contributed by atoms with E-state index in [1.807, 2.05) is 30.3 Å². The van der Waals surface area contributed by atoms with E-state index >= 15 is 0 Å². The average Bonchev–Trinajstić information content (AvgIpc) is 2.74. The SMILES string of the molecule is COc1ccc(CN2CCc3nn(C)c(=O)cc3C2)cc1OCc1cccnc1. The monoisotopic (exact) mass is 392 g/mol. The number of aromatic nitrogens is 3. The maximum atomic E-state index is 11.9. The Morgan fingerprint density at radius 3 is 2.83 bits per heavy atom. The van der Waals surface area contributed by atoms with Gasteiger partial charge in [0.05, 0.1) is 12.8 Å². The first-order valence-corrected chi connectivity index (χ1v) is 9.59. The fraction of sp³-hybridized carbons (Fsp3) is 0.318. The highest BCUT2D eigenvalue weighted by atomic mass is 16.5. The summed E-state index contributed by atoms with van der Waals surface area (Å²) in [5.41, 5.74) is 4.09. The lowest BCUT2D eigenvalue weighted by molar-refractivity contribution is 0.240. The lowest BCUT2D eigenvalue weighted by Crippen LogP contribution is -2.34.